The lowest BCUT2D eigenvalue weighted by molar-refractivity contribution is -0.137. The summed E-state index contributed by atoms with van der Waals surface area (Å²) in [5.41, 5.74) is 0.428. The molecule has 0 unspecified atom stereocenters. The normalized spacial score (nSPS) is 15.2. The van der Waals surface area contributed by atoms with Crippen LogP contribution in [0.5, 0.6) is 0 Å². The number of halogens is 3. The number of piperazine rings is 1. The highest BCUT2D eigenvalue weighted by Crippen LogP contribution is 2.39. The number of benzene rings is 2. The molecule has 1 amide bonds. The van der Waals surface area contributed by atoms with Gasteiger partial charge in [0.25, 0.3) is 0 Å². The van der Waals surface area contributed by atoms with Gasteiger partial charge < -0.3 is 14.5 Å². The Labute approximate surface area is 185 Å². The van der Waals surface area contributed by atoms with Gasteiger partial charge in [-0.2, -0.15) is 13.2 Å². The summed E-state index contributed by atoms with van der Waals surface area (Å²) in [7, 11) is 0. The van der Waals surface area contributed by atoms with Crippen LogP contribution < -0.4 is 4.90 Å². The topological polar surface area (TPSA) is 32.8 Å². The molecule has 0 saturated carbocycles. The first kappa shape index (κ1) is 23.3. The standard InChI is InChI=1S/C23H27F3N2O2S/c1-16-15-17(23(24,25)26)9-10-19(16)31-20-8-6-5-7-18(20)27-11-13-28(14-12-27)21(29)30-22(2,3)4/h5-10,15H,11-14H2,1-4H3. The van der Waals surface area contributed by atoms with Gasteiger partial charge in [0.1, 0.15) is 5.60 Å². The summed E-state index contributed by atoms with van der Waals surface area (Å²) in [6.45, 7) is 9.64. The van der Waals surface area contributed by atoms with E-state index in [1.54, 1.807) is 11.8 Å². The highest BCUT2D eigenvalue weighted by atomic mass is 32.2. The summed E-state index contributed by atoms with van der Waals surface area (Å²) in [5.74, 6) is 0. The Bertz CT molecular complexity index is 933. The first-order valence-corrected chi connectivity index (χ1v) is 10.9. The van der Waals surface area contributed by atoms with Crippen molar-refractivity contribution in [1.82, 2.24) is 4.90 Å². The van der Waals surface area contributed by atoms with Crippen molar-refractivity contribution in [3.8, 4) is 0 Å². The number of aryl methyl sites for hydroxylation is 1. The maximum absolute atomic E-state index is 13.0. The van der Waals surface area contributed by atoms with E-state index in [0.29, 0.717) is 31.7 Å². The summed E-state index contributed by atoms with van der Waals surface area (Å²) in [6, 6.07) is 11.7. The number of hydrogen-bond donors (Lipinski definition) is 0. The number of amides is 1. The van der Waals surface area contributed by atoms with Crippen molar-refractivity contribution in [2.24, 2.45) is 0 Å². The monoisotopic (exact) mass is 452 g/mol. The molecule has 31 heavy (non-hydrogen) atoms. The smallest absolute Gasteiger partial charge is 0.416 e. The van der Waals surface area contributed by atoms with E-state index in [0.717, 1.165) is 21.5 Å². The third-order valence-corrected chi connectivity index (χ3v) is 6.10. The number of carbonyl (C=O) groups is 1. The number of nitrogens with zero attached hydrogens (tertiary/aromatic N) is 2. The van der Waals surface area contributed by atoms with Crippen molar-refractivity contribution < 1.29 is 22.7 Å². The SMILES string of the molecule is Cc1cc(C(F)(F)F)ccc1Sc1ccccc1N1CCN(C(=O)OC(C)(C)C)CC1. The number of alkyl halides is 3. The third kappa shape index (κ3) is 6.09. The van der Waals surface area contributed by atoms with E-state index in [4.69, 9.17) is 4.74 Å². The lowest BCUT2D eigenvalue weighted by atomic mass is 10.1. The van der Waals surface area contributed by atoms with Crippen LogP contribution in [-0.2, 0) is 10.9 Å². The van der Waals surface area contributed by atoms with Crippen LogP contribution in [0.4, 0.5) is 23.7 Å². The molecule has 0 N–H and O–H groups in total. The summed E-state index contributed by atoms with van der Waals surface area (Å²) >= 11 is 1.45. The molecule has 1 aliphatic heterocycles. The molecule has 0 spiro atoms. The number of hydrogen-bond acceptors (Lipinski definition) is 4. The van der Waals surface area contributed by atoms with Crippen molar-refractivity contribution in [2.45, 2.75) is 49.3 Å². The zero-order valence-electron chi connectivity index (χ0n) is 18.1. The molecule has 0 aliphatic carbocycles. The van der Waals surface area contributed by atoms with E-state index in [-0.39, 0.29) is 6.09 Å². The third-order valence-electron chi connectivity index (χ3n) is 4.86. The molecule has 1 heterocycles. The van der Waals surface area contributed by atoms with Crippen LogP contribution in [0.3, 0.4) is 0 Å². The number of carbonyl (C=O) groups excluding carboxylic acids is 1. The van der Waals surface area contributed by atoms with Gasteiger partial charge in [-0.25, -0.2) is 4.79 Å². The number of ether oxygens (including phenoxy) is 1. The second kappa shape index (κ2) is 9.02. The summed E-state index contributed by atoms with van der Waals surface area (Å²) in [4.78, 5) is 18.0. The van der Waals surface area contributed by atoms with E-state index in [9.17, 15) is 18.0 Å². The van der Waals surface area contributed by atoms with Gasteiger partial charge in [-0.3, -0.25) is 0 Å². The van der Waals surface area contributed by atoms with Crippen LogP contribution in [0.25, 0.3) is 0 Å². The maximum atomic E-state index is 13.0. The molecule has 0 atom stereocenters. The van der Waals surface area contributed by atoms with Crippen LogP contribution in [0.1, 0.15) is 31.9 Å². The van der Waals surface area contributed by atoms with Crippen molar-refractivity contribution >= 4 is 23.5 Å². The average Bonchev–Trinajstić information content (AvgIpc) is 2.68. The predicted molar refractivity (Wildman–Crippen MR) is 117 cm³/mol. The molecule has 2 aromatic carbocycles. The first-order valence-electron chi connectivity index (χ1n) is 10.1. The summed E-state index contributed by atoms with van der Waals surface area (Å²) < 4.78 is 44.3. The lowest BCUT2D eigenvalue weighted by Gasteiger charge is -2.37. The highest BCUT2D eigenvalue weighted by molar-refractivity contribution is 7.99. The molecule has 1 aliphatic rings. The van der Waals surface area contributed by atoms with Crippen LogP contribution in [0.15, 0.2) is 52.3 Å². The van der Waals surface area contributed by atoms with Gasteiger partial charge in [-0.05, 0) is 63.6 Å². The van der Waals surface area contributed by atoms with Gasteiger partial charge in [0.2, 0.25) is 0 Å². The second-order valence-electron chi connectivity index (χ2n) is 8.50. The van der Waals surface area contributed by atoms with Crippen LogP contribution >= 0.6 is 11.8 Å². The van der Waals surface area contributed by atoms with Gasteiger partial charge in [-0.15, -0.1) is 0 Å². The minimum absolute atomic E-state index is 0.310. The summed E-state index contributed by atoms with van der Waals surface area (Å²) in [5, 5.41) is 0. The molecule has 168 valence electrons. The van der Waals surface area contributed by atoms with E-state index >= 15 is 0 Å². The molecule has 1 fully saturated rings. The second-order valence-corrected chi connectivity index (χ2v) is 9.59. The van der Waals surface area contributed by atoms with Gasteiger partial charge in [0.15, 0.2) is 0 Å². The van der Waals surface area contributed by atoms with Gasteiger partial charge in [-0.1, -0.05) is 23.9 Å². The lowest BCUT2D eigenvalue weighted by Crippen LogP contribution is -2.50. The first-order chi connectivity index (χ1) is 14.4. The fourth-order valence-corrected chi connectivity index (χ4v) is 4.36. The van der Waals surface area contributed by atoms with E-state index in [2.05, 4.69) is 4.90 Å². The van der Waals surface area contributed by atoms with Crippen molar-refractivity contribution in [3.05, 3.63) is 53.6 Å². The molecule has 3 rings (SSSR count). The molecule has 2 aromatic rings. The molecule has 1 saturated heterocycles. The average molecular weight is 453 g/mol. The highest BCUT2D eigenvalue weighted by Gasteiger charge is 2.31. The van der Waals surface area contributed by atoms with Crippen LogP contribution in [0, 0.1) is 6.92 Å². The fourth-order valence-electron chi connectivity index (χ4n) is 3.32. The Kier molecular flexibility index (Phi) is 6.79. The fraction of sp³-hybridized carbons (Fsp3) is 0.435. The Morgan fingerprint density at radius 3 is 2.19 bits per heavy atom. The summed E-state index contributed by atoms with van der Waals surface area (Å²) in [6.07, 6.45) is -4.66. The Balaban J connectivity index is 1.72. The van der Waals surface area contributed by atoms with Gasteiger partial charge in [0, 0.05) is 36.0 Å². The number of rotatable bonds is 3. The zero-order valence-corrected chi connectivity index (χ0v) is 18.9. The zero-order chi connectivity index (χ0) is 22.8. The number of para-hydroxylation sites is 1. The van der Waals surface area contributed by atoms with E-state index < -0.39 is 17.3 Å². The quantitative estimate of drug-likeness (QED) is 0.553. The van der Waals surface area contributed by atoms with Crippen molar-refractivity contribution in [3.63, 3.8) is 0 Å². The minimum Gasteiger partial charge on any atom is -0.444 e. The largest absolute Gasteiger partial charge is 0.444 e. The van der Waals surface area contributed by atoms with Gasteiger partial charge >= 0.3 is 12.3 Å². The number of anilines is 1. The van der Waals surface area contributed by atoms with E-state index in [1.165, 1.54) is 23.9 Å². The van der Waals surface area contributed by atoms with E-state index in [1.807, 2.05) is 45.0 Å². The molecule has 8 heteroatoms. The Hall–Kier alpha value is -2.35. The molecule has 0 radical (unpaired) electrons. The van der Waals surface area contributed by atoms with Crippen molar-refractivity contribution in [1.29, 1.82) is 0 Å². The molecular formula is C23H27F3N2O2S. The predicted octanol–water partition coefficient (Wildman–Crippen LogP) is 6.22. The molecular weight excluding hydrogens is 425 g/mol. The minimum atomic E-state index is -4.35. The van der Waals surface area contributed by atoms with Gasteiger partial charge in [0.05, 0.1) is 11.3 Å². The van der Waals surface area contributed by atoms with Crippen molar-refractivity contribution in [2.75, 3.05) is 31.1 Å². The Morgan fingerprint density at radius 2 is 1.61 bits per heavy atom. The molecule has 0 bridgehead atoms. The van der Waals surface area contributed by atoms with Crippen LogP contribution in [0.2, 0.25) is 0 Å². The van der Waals surface area contributed by atoms with Crippen LogP contribution in [-0.4, -0.2) is 42.8 Å². The maximum Gasteiger partial charge on any atom is 0.416 e. The molecule has 0 aromatic heterocycles. The Morgan fingerprint density at radius 1 is 0.968 bits per heavy atom. The molecule has 4 nitrogen and oxygen atoms in total.